The number of nitrogens with one attached hydrogen (secondary N) is 1. The predicted molar refractivity (Wildman–Crippen MR) is 93.4 cm³/mol. The molecule has 2 heterocycles. The molecule has 2 aliphatic rings. The molecule has 0 spiro atoms. The van der Waals surface area contributed by atoms with E-state index in [2.05, 4.69) is 5.43 Å². The van der Waals surface area contributed by atoms with Gasteiger partial charge in [0.25, 0.3) is 5.91 Å². The van der Waals surface area contributed by atoms with E-state index in [4.69, 9.17) is 17.0 Å². The van der Waals surface area contributed by atoms with Crippen LogP contribution in [-0.2, 0) is 9.59 Å². The van der Waals surface area contributed by atoms with Gasteiger partial charge in [-0.3, -0.25) is 15.0 Å². The van der Waals surface area contributed by atoms with E-state index in [9.17, 15) is 9.59 Å². The highest BCUT2D eigenvalue weighted by Gasteiger charge is 2.33. The molecular formula is C16H14N2O3S2. The van der Waals surface area contributed by atoms with E-state index >= 15 is 0 Å². The van der Waals surface area contributed by atoms with Crippen molar-refractivity contribution in [1.29, 1.82) is 0 Å². The lowest BCUT2D eigenvalue weighted by molar-refractivity contribution is -0.132. The molecule has 2 amide bonds. The summed E-state index contributed by atoms with van der Waals surface area (Å²) in [5.74, 6) is 0.148. The summed E-state index contributed by atoms with van der Waals surface area (Å²) < 4.78 is 6.17. The fraction of sp³-hybridized carbons (Fsp3) is 0.188. The van der Waals surface area contributed by atoms with E-state index in [0.29, 0.717) is 9.23 Å². The van der Waals surface area contributed by atoms with Gasteiger partial charge in [0, 0.05) is 12.5 Å². The van der Waals surface area contributed by atoms with Crippen molar-refractivity contribution >= 4 is 46.2 Å². The zero-order chi connectivity index (χ0) is 16.6. The van der Waals surface area contributed by atoms with Gasteiger partial charge in [0.2, 0.25) is 5.91 Å². The molecule has 1 saturated heterocycles. The third-order valence-corrected chi connectivity index (χ3v) is 4.68. The molecule has 0 aliphatic carbocycles. The van der Waals surface area contributed by atoms with E-state index in [1.165, 1.54) is 6.92 Å². The molecule has 2 aliphatic heterocycles. The molecule has 5 nitrogen and oxygen atoms in total. The molecule has 118 valence electrons. The van der Waals surface area contributed by atoms with Crippen LogP contribution in [0.3, 0.4) is 0 Å². The maximum absolute atomic E-state index is 12.3. The fourth-order valence-electron chi connectivity index (χ4n) is 2.29. The molecular weight excluding hydrogens is 332 g/mol. The molecule has 1 fully saturated rings. The minimum atomic E-state index is -0.343. The van der Waals surface area contributed by atoms with Crippen LogP contribution in [0, 0.1) is 0 Å². The van der Waals surface area contributed by atoms with Crippen LogP contribution in [0.25, 0.3) is 6.08 Å². The molecule has 1 aromatic rings. The summed E-state index contributed by atoms with van der Waals surface area (Å²) in [5.41, 5.74) is 4.27. The second-order valence-corrected chi connectivity index (χ2v) is 6.80. The summed E-state index contributed by atoms with van der Waals surface area (Å²) >= 11 is 6.29. The Morgan fingerprint density at radius 1 is 1.43 bits per heavy atom. The first kappa shape index (κ1) is 15.8. The van der Waals surface area contributed by atoms with Crippen molar-refractivity contribution in [3.05, 3.63) is 46.4 Å². The quantitative estimate of drug-likeness (QED) is 0.659. The van der Waals surface area contributed by atoms with E-state index in [1.54, 1.807) is 6.08 Å². The number of fused-ring (bicyclic) bond motifs is 1. The Morgan fingerprint density at radius 3 is 2.91 bits per heavy atom. The second-order valence-electron chi connectivity index (χ2n) is 5.13. The summed E-state index contributed by atoms with van der Waals surface area (Å²) in [6.07, 6.45) is 3.59. The van der Waals surface area contributed by atoms with Crippen LogP contribution in [0.4, 0.5) is 0 Å². The normalized spacial score (nSPS) is 21.8. The highest BCUT2D eigenvalue weighted by atomic mass is 32.2. The van der Waals surface area contributed by atoms with E-state index in [1.807, 2.05) is 37.3 Å². The van der Waals surface area contributed by atoms with Gasteiger partial charge in [-0.2, -0.15) is 5.01 Å². The molecule has 7 heteroatoms. The number of carbonyl (C=O) groups is 2. The van der Waals surface area contributed by atoms with E-state index < -0.39 is 0 Å². The van der Waals surface area contributed by atoms with Crippen molar-refractivity contribution in [2.24, 2.45) is 0 Å². The van der Waals surface area contributed by atoms with Gasteiger partial charge >= 0.3 is 0 Å². The number of amides is 2. The van der Waals surface area contributed by atoms with Crippen molar-refractivity contribution in [1.82, 2.24) is 10.4 Å². The molecule has 23 heavy (non-hydrogen) atoms. The van der Waals surface area contributed by atoms with Crippen LogP contribution in [0.5, 0.6) is 5.75 Å². The summed E-state index contributed by atoms with van der Waals surface area (Å²) in [6.45, 7) is 3.26. The van der Waals surface area contributed by atoms with Crippen LogP contribution in [-0.4, -0.2) is 27.2 Å². The van der Waals surface area contributed by atoms with Crippen molar-refractivity contribution in [3.63, 3.8) is 0 Å². The van der Waals surface area contributed by atoms with Crippen LogP contribution in [0.2, 0.25) is 0 Å². The number of hydrogen-bond acceptors (Lipinski definition) is 5. The van der Waals surface area contributed by atoms with Crippen LogP contribution < -0.4 is 10.2 Å². The van der Waals surface area contributed by atoms with Gasteiger partial charge in [-0.25, -0.2) is 0 Å². The zero-order valence-corrected chi connectivity index (χ0v) is 14.2. The number of thioether (sulfide) groups is 1. The Hall–Kier alpha value is -2.12. The lowest BCUT2D eigenvalue weighted by Crippen LogP contribution is -2.43. The third-order valence-electron chi connectivity index (χ3n) is 3.38. The Kier molecular flexibility index (Phi) is 4.23. The second kappa shape index (κ2) is 6.17. The Bertz CT molecular complexity index is 770. The Balaban J connectivity index is 1.90. The first-order valence-corrected chi connectivity index (χ1v) is 8.20. The number of thiocarbonyl (C=S) groups is 1. The topological polar surface area (TPSA) is 58.6 Å². The van der Waals surface area contributed by atoms with Gasteiger partial charge in [0.1, 0.15) is 11.9 Å². The first-order chi connectivity index (χ1) is 11.0. The minimum absolute atomic E-state index is 0.172. The number of benzene rings is 1. The van der Waals surface area contributed by atoms with Crippen molar-refractivity contribution in [2.45, 2.75) is 20.0 Å². The molecule has 1 aromatic carbocycles. The first-order valence-electron chi connectivity index (χ1n) is 6.98. The van der Waals surface area contributed by atoms with Gasteiger partial charge in [-0.05, 0) is 42.9 Å². The van der Waals surface area contributed by atoms with Crippen molar-refractivity contribution < 1.29 is 14.3 Å². The number of ether oxygens (including phenoxy) is 1. The summed E-state index contributed by atoms with van der Waals surface area (Å²) in [5, 5.41) is 1.09. The highest BCUT2D eigenvalue weighted by molar-refractivity contribution is 8.26. The van der Waals surface area contributed by atoms with Crippen LogP contribution in [0.1, 0.15) is 19.4 Å². The number of para-hydroxylation sites is 1. The zero-order valence-electron chi connectivity index (χ0n) is 12.5. The number of hydrogen-bond donors (Lipinski definition) is 1. The lowest BCUT2D eigenvalue weighted by atomic mass is 10.0. The molecule has 0 aromatic heterocycles. The molecule has 3 rings (SSSR count). The summed E-state index contributed by atoms with van der Waals surface area (Å²) in [4.78, 5) is 24.0. The van der Waals surface area contributed by atoms with Crippen LogP contribution in [0.15, 0.2) is 40.8 Å². The molecule has 0 bridgehead atoms. The SMILES string of the molecule is CC(=O)NN1C(=O)/C(=C/C2=Cc3ccccc3O[C@@H]2C)SC1=S. The standard InChI is InChI=1S/C16H14N2O3S2/c1-9-12(7-11-5-3-4-6-13(11)21-9)8-14-15(20)18(16(22)23-14)17-10(2)19/h3-9H,1-2H3,(H,17,19)/b14-8-/t9-/m1/s1. The fourth-order valence-corrected chi connectivity index (χ4v) is 3.47. The molecule has 1 N–H and O–H groups in total. The maximum atomic E-state index is 12.3. The number of nitrogens with zero attached hydrogens (tertiary/aromatic N) is 1. The van der Waals surface area contributed by atoms with Crippen molar-refractivity contribution in [2.75, 3.05) is 0 Å². The maximum Gasteiger partial charge on any atom is 0.285 e. The number of carbonyl (C=O) groups excluding carboxylic acids is 2. The van der Waals surface area contributed by atoms with Gasteiger partial charge < -0.3 is 4.74 Å². The predicted octanol–water partition coefficient (Wildman–Crippen LogP) is 2.65. The average Bonchev–Trinajstić information content (AvgIpc) is 2.75. The van der Waals surface area contributed by atoms with Gasteiger partial charge in [-0.1, -0.05) is 30.0 Å². The van der Waals surface area contributed by atoms with Crippen LogP contribution >= 0.6 is 24.0 Å². The summed E-state index contributed by atoms with van der Waals surface area (Å²) in [7, 11) is 0. The van der Waals surface area contributed by atoms with Gasteiger partial charge in [0.05, 0.1) is 4.91 Å². The lowest BCUT2D eigenvalue weighted by Gasteiger charge is -2.23. The van der Waals surface area contributed by atoms with Crippen molar-refractivity contribution in [3.8, 4) is 5.75 Å². The minimum Gasteiger partial charge on any atom is -0.485 e. The Labute approximate surface area is 143 Å². The van der Waals surface area contributed by atoms with E-state index in [-0.39, 0.29) is 17.9 Å². The molecule has 0 saturated carbocycles. The van der Waals surface area contributed by atoms with Gasteiger partial charge in [0.15, 0.2) is 4.32 Å². The van der Waals surface area contributed by atoms with Gasteiger partial charge in [-0.15, -0.1) is 0 Å². The Morgan fingerprint density at radius 2 is 2.17 bits per heavy atom. The molecule has 1 atom stereocenters. The molecule has 0 radical (unpaired) electrons. The molecule has 0 unspecified atom stereocenters. The average molecular weight is 346 g/mol. The number of rotatable bonds is 2. The highest BCUT2D eigenvalue weighted by Crippen LogP contribution is 2.34. The smallest absolute Gasteiger partial charge is 0.285 e. The monoisotopic (exact) mass is 346 g/mol. The third kappa shape index (κ3) is 3.16. The van der Waals surface area contributed by atoms with E-state index in [0.717, 1.165) is 33.7 Å². The summed E-state index contributed by atoms with van der Waals surface area (Å²) in [6, 6.07) is 7.72. The largest absolute Gasteiger partial charge is 0.485 e. The number of hydrazine groups is 1.